The molecule has 1 aromatic rings. The van der Waals surface area contributed by atoms with E-state index in [1.54, 1.807) is 0 Å². The summed E-state index contributed by atoms with van der Waals surface area (Å²) < 4.78 is 0. The summed E-state index contributed by atoms with van der Waals surface area (Å²) in [5, 5.41) is 3.66. The number of thioether (sulfide) groups is 1. The second kappa shape index (κ2) is 5.65. The molecule has 0 bridgehead atoms. The van der Waals surface area contributed by atoms with Gasteiger partial charge in [0.25, 0.3) is 5.91 Å². The molecule has 1 amide bonds. The monoisotopic (exact) mass is 264 g/mol. The van der Waals surface area contributed by atoms with Gasteiger partial charge in [0.1, 0.15) is 0 Å². The van der Waals surface area contributed by atoms with E-state index in [9.17, 15) is 4.79 Å². The van der Waals surface area contributed by atoms with E-state index in [1.165, 1.54) is 0 Å². The van der Waals surface area contributed by atoms with E-state index >= 15 is 0 Å². The molecule has 4 heteroatoms. The zero-order valence-corrected chi connectivity index (χ0v) is 12.0. The lowest BCUT2D eigenvalue weighted by atomic mass is 10.1. The Hall–Kier alpha value is -1.16. The third-order valence-corrected chi connectivity index (χ3v) is 4.41. The van der Waals surface area contributed by atoms with Gasteiger partial charge in [-0.05, 0) is 30.7 Å². The minimum Gasteiger partial charge on any atom is -0.388 e. The molecular weight excluding hydrogens is 244 g/mol. The molecule has 0 saturated carbocycles. The number of hydrogen-bond acceptors (Lipinski definition) is 3. The second-order valence-corrected chi connectivity index (χ2v) is 6.26. The predicted molar refractivity (Wildman–Crippen MR) is 78.5 cm³/mol. The largest absolute Gasteiger partial charge is 0.388 e. The molecule has 1 fully saturated rings. The van der Waals surface area contributed by atoms with Crippen LogP contribution in [0, 0.1) is 6.92 Å². The first-order valence-electron chi connectivity index (χ1n) is 6.31. The molecule has 0 radical (unpaired) electrons. The lowest BCUT2D eigenvalue weighted by Crippen LogP contribution is -2.41. The van der Waals surface area contributed by atoms with Gasteiger partial charge in [-0.1, -0.05) is 6.92 Å². The third-order valence-electron chi connectivity index (χ3n) is 3.27. The molecule has 0 aromatic heterocycles. The highest BCUT2D eigenvalue weighted by molar-refractivity contribution is 7.99. The van der Waals surface area contributed by atoms with Gasteiger partial charge in [0.15, 0.2) is 0 Å². The van der Waals surface area contributed by atoms with Gasteiger partial charge >= 0.3 is 0 Å². The van der Waals surface area contributed by atoms with E-state index in [0.29, 0.717) is 5.25 Å². The summed E-state index contributed by atoms with van der Waals surface area (Å²) in [5.41, 5.74) is 2.99. The minimum atomic E-state index is 0.160. The van der Waals surface area contributed by atoms with Gasteiger partial charge in [-0.15, -0.1) is 0 Å². The molecule has 1 aromatic carbocycles. The second-order valence-electron chi connectivity index (χ2n) is 4.71. The van der Waals surface area contributed by atoms with E-state index < -0.39 is 0 Å². The van der Waals surface area contributed by atoms with E-state index in [2.05, 4.69) is 12.2 Å². The number of rotatable bonds is 2. The molecule has 1 heterocycles. The van der Waals surface area contributed by atoms with Crippen molar-refractivity contribution in [3.8, 4) is 0 Å². The van der Waals surface area contributed by atoms with Crippen molar-refractivity contribution >= 4 is 23.4 Å². The summed E-state index contributed by atoms with van der Waals surface area (Å²) in [6.07, 6.45) is 0. The lowest BCUT2D eigenvalue weighted by Gasteiger charge is -2.30. The molecular formula is C14H20N2OS. The van der Waals surface area contributed by atoms with Gasteiger partial charge in [0.05, 0.1) is 0 Å². The maximum absolute atomic E-state index is 12.4. The van der Waals surface area contributed by atoms with Gasteiger partial charge in [-0.3, -0.25) is 4.79 Å². The molecule has 3 nitrogen and oxygen atoms in total. The number of carbonyl (C=O) groups excluding carboxylic acids is 1. The van der Waals surface area contributed by atoms with E-state index in [-0.39, 0.29) is 5.91 Å². The van der Waals surface area contributed by atoms with Gasteiger partial charge in [-0.2, -0.15) is 11.8 Å². The molecule has 2 rings (SSSR count). The molecule has 1 unspecified atom stereocenters. The quantitative estimate of drug-likeness (QED) is 0.891. The molecule has 0 aliphatic carbocycles. The van der Waals surface area contributed by atoms with Crippen molar-refractivity contribution in [1.82, 2.24) is 4.90 Å². The number of nitrogens with one attached hydrogen (secondary N) is 1. The zero-order valence-electron chi connectivity index (χ0n) is 11.2. The van der Waals surface area contributed by atoms with E-state index in [4.69, 9.17) is 0 Å². The topological polar surface area (TPSA) is 32.3 Å². The average Bonchev–Trinajstić information content (AvgIpc) is 2.37. The molecule has 18 heavy (non-hydrogen) atoms. The van der Waals surface area contributed by atoms with Crippen molar-refractivity contribution < 1.29 is 4.79 Å². The summed E-state index contributed by atoms with van der Waals surface area (Å²) in [6, 6.07) is 5.86. The highest BCUT2D eigenvalue weighted by Gasteiger charge is 2.22. The van der Waals surface area contributed by atoms with Crippen molar-refractivity contribution in [3.05, 3.63) is 29.3 Å². The number of benzene rings is 1. The number of carbonyl (C=O) groups is 1. The predicted octanol–water partition coefficient (Wildman–Crippen LogP) is 2.61. The maximum atomic E-state index is 12.4. The Morgan fingerprint density at radius 2 is 2.28 bits per heavy atom. The molecule has 1 aliphatic rings. The Labute approximate surface area is 113 Å². The molecule has 1 atom stereocenters. The van der Waals surface area contributed by atoms with Crippen molar-refractivity contribution in [2.24, 2.45) is 0 Å². The number of nitrogens with zero attached hydrogens (tertiary/aromatic N) is 1. The van der Waals surface area contributed by atoms with Gasteiger partial charge < -0.3 is 10.2 Å². The first-order chi connectivity index (χ1) is 8.61. The van der Waals surface area contributed by atoms with Crippen LogP contribution < -0.4 is 5.32 Å². The Morgan fingerprint density at radius 3 is 2.89 bits per heavy atom. The summed E-state index contributed by atoms with van der Waals surface area (Å²) >= 11 is 1.94. The van der Waals surface area contributed by atoms with Crippen LogP contribution in [0.15, 0.2) is 18.2 Å². The highest BCUT2D eigenvalue weighted by atomic mass is 32.2. The number of anilines is 1. The van der Waals surface area contributed by atoms with Crippen LogP contribution >= 0.6 is 11.8 Å². The molecule has 1 aliphatic heterocycles. The van der Waals surface area contributed by atoms with Crippen LogP contribution in [0.4, 0.5) is 5.69 Å². The molecule has 98 valence electrons. The zero-order chi connectivity index (χ0) is 13.1. The van der Waals surface area contributed by atoms with Crippen LogP contribution in [0.3, 0.4) is 0 Å². The fourth-order valence-corrected chi connectivity index (χ4v) is 3.28. The van der Waals surface area contributed by atoms with Crippen LogP contribution in [0.5, 0.6) is 0 Å². The fourth-order valence-electron chi connectivity index (χ4n) is 2.26. The van der Waals surface area contributed by atoms with Crippen LogP contribution in [0.25, 0.3) is 0 Å². The Bertz CT molecular complexity index is 447. The van der Waals surface area contributed by atoms with Crippen LogP contribution in [0.1, 0.15) is 22.8 Å². The summed E-state index contributed by atoms with van der Waals surface area (Å²) in [5.74, 6) is 1.20. The summed E-state index contributed by atoms with van der Waals surface area (Å²) in [6.45, 7) is 5.92. The van der Waals surface area contributed by atoms with E-state index in [0.717, 1.165) is 35.7 Å². The van der Waals surface area contributed by atoms with Gasteiger partial charge in [-0.25, -0.2) is 0 Å². The SMILES string of the molecule is CNc1ccc(C(=O)N2CCSC(C)C2)cc1C. The lowest BCUT2D eigenvalue weighted by molar-refractivity contribution is 0.0763. The number of aryl methyl sites for hydroxylation is 1. The normalized spacial score (nSPS) is 19.7. The molecule has 1 saturated heterocycles. The Balaban J connectivity index is 2.15. The Morgan fingerprint density at radius 1 is 1.50 bits per heavy atom. The number of hydrogen-bond donors (Lipinski definition) is 1. The first kappa shape index (κ1) is 13.3. The van der Waals surface area contributed by atoms with Crippen LogP contribution in [0.2, 0.25) is 0 Å². The number of amides is 1. The van der Waals surface area contributed by atoms with Gasteiger partial charge in [0.2, 0.25) is 0 Å². The first-order valence-corrected chi connectivity index (χ1v) is 7.36. The third kappa shape index (κ3) is 2.80. The van der Waals surface area contributed by atoms with Crippen molar-refractivity contribution in [2.75, 3.05) is 31.2 Å². The van der Waals surface area contributed by atoms with Crippen LogP contribution in [-0.4, -0.2) is 41.9 Å². The highest BCUT2D eigenvalue weighted by Crippen LogP contribution is 2.21. The Kier molecular flexibility index (Phi) is 4.17. The van der Waals surface area contributed by atoms with E-state index in [1.807, 2.05) is 48.8 Å². The standard InChI is InChI=1S/C14H20N2OS/c1-10-8-12(4-5-13(10)15-3)14(17)16-6-7-18-11(2)9-16/h4-5,8,11,15H,6-7,9H2,1-3H3. The maximum Gasteiger partial charge on any atom is 0.253 e. The van der Waals surface area contributed by atoms with Crippen LogP contribution in [-0.2, 0) is 0 Å². The minimum absolute atomic E-state index is 0.160. The fraction of sp³-hybridized carbons (Fsp3) is 0.500. The van der Waals surface area contributed by atoms with Gasteiger partial charge in [0, 0.05) is 42.4 Å². The van der Waals surface area contributed by atoms with Crippen molar-refractivity contribution in [3.63, 3.8) is 0 Å². The van der Waals surface area contributed by atoms with Crippen molar-refractivity contribution in [2.45, 2.75) is 19.1 Å². The molecule has 1 N–H and O–H groups in total. The smallest absolute Gasteiger partial charge is 0.253 e. The summed E-state index contributed by atoms with van der Waals surface area (Å²) in [4.78, 5) is 14.4. The van der Waals surface area contributed by atoms with Crippen molar-refractivity contribution in [1.29, 1.82) is 0 Å². The average molecular weight is 264 g/mol. The molecule has 0 spiro atoms. The summed E-state index contributed by atoms with van der Waals surface area (Å²) in [7, 11) is 1.90.